The zero-order chi connectivity index (χ0) is 15.4. The van der Waals surface area contributed by atoms with Crippen LogP contribution >= 0.6 is 15.9 Å². The third-order valence-electron chi connectivity index (χ3n) is 4.54. The number of halogens is 2. The Morgan fingerprint density at radius 3 is 2.43 bits per heavy atom. The van der Waals surface area contributed by atoms with Gasteiger partial charge in [-0.05, 0) is 37.1 Å². The van der Waals surface area contributed by atoms with Crippen molar-refractivity contribution in [1.82, 2.24) is 9.80 Å². The van der Waals surface area contributed by atoms with Crippen molar-refractivity contribution in [3.63, 3.8) is 0 Å². The molecule has 118 valence electrons. The molecule has 0 spiro atoms. The highest BCUT2D eigenvalue weighted by Crippen LogP contribution is 2.29. The van der Waals surface area contributed by atoms with E-state index in [2.05, 4.69) is 39.6 Å². The lowest BCUT2D eigenvalue weighted by molar-refractivity contribution is 0.0741. The average molecular weight is 358 g/mol. The van der Waals surface area contributed by atoms with Crippen molar-refractivity contribution < 1.29 is 4.39 Å². The molecule has 0 aromatic heterocycles. The van der Waals surface area contributed by atoms with Crippen LogP contribution in [0.3, 0.4) is 0 Å². The van der Waals surface area contributed by atoms with Crippen molar-refractivity contribution in [2.24, 2.45) is 5.73 Å². The van der Waals surface area contributed by atoms with E-state index in [-0.39, 0.29) is 11.9 Å². The molecule has 1 saturated heterocycles. The van der Waals surface area contributed by atoms with E-state index in [4.69, 9.17) is 5.73 Å². The maximum Gasteiger partial charge on any atom is 0.123 e. The van der Waals surface area contributed by atoms with Gasteiger partial charge in [0.2, 0.25) is 0 Å². The summed E-state index contributed by atoms with van der Waals surface area (Å²) < 4.78 is 14.5. The molecule has 21 heavy (non-hydrogen) atoms. The Hall–Kier alpha value is -0.490. The molecule has 1 aromatic carbocycles. The second kappa shape index (κ2) is 7.68. The van der Waals surface area contributed by atoms with Crippen molar-refractivity contribution >= 4 is 15.9 Å². The predicted octanol–water partition coefficient (Wildman–Crippen LogP) is 3.00. The van der Waals surface area contributed by atoms with Crippen LogP contribution in [0.1, 0.15) is 31.9 Å². The first-order chi connectivity index (χ1) is 10.1. The lowest BCUT2D eigenvalue weighted by Crippen LogP contribution is -2.51. The maximum absolute atomic E-state index is 13.5. The normalized spacial score (nSPS) is 20.4. The van der Waals surface area contributed by atoms with Crippen LogP contribution < -0.4 is 5.73 Å². The largest absolute Gasteiger partial charge is 0.329 e. The van der Waals surface area contributed by atoms with Crippen LogP contribution in [-0.4, -0.2) is 48.6 Å². The summed E-state index contributed by atoms with van der Waals surface area (Å²) in [7, 11) is 0. The monoisotopic (exact) mass is 357 g/mol. The third kappa shape index (κ3) is 4.03. The summed E-state index contributed by atoms with van der Waals surface area (Å²) in [5, 5.41) is 0. The van der Waals surface area contributed by atoms with Crippen molar-refractivity contribution in [2.45, 2.75) is 32.4 Å². The van der Waals surface area contributed by atoms with Gasteiger partial charge in [0, 0.05) is 49.3 Å². The predicted molar refractivity (Wildman–Crippen MR) is 88.8 cm³/mol. The number of rotatable bonds is 5. The van der Waals surface area contributed by atoms with Gasteiger partial charge in [0.15, 0.2) is 0 Å². The molecule has 3 nitrogen and oxygen atoms in total. The maximum atomic E-state index is 13.5. The Kier molecular flexibility index (Phi) is 6.17. The smallest absolute Gasteiger partial charge is 0.123 e. The van der Waals surface area contributed by atoms with Gasteiger partial charge < -0.3 is 5.73 Å². The van der Waals surface area contributed by atoms with Crippen molar-refractivity contribution in [3.05, 3.63) is 34.1 Å². The summed E-state index contributed by atoms with van der Waals surface area (Å²) in [6, 6.07) is 5.55. The molecule has 2 N–H and O–H groups in total. The van der Waals surface area contributed by atoms with Crippen LogP contribution in [0.25, 0.3) is 0 Å². The van der Waals surface area contributed by atoms with Gasteiger partial charge >= 0.3 is 0 Å². The summed E-state index contributed by atoms with van der Waals surface area (Å²) >= 11 is 3.53. The highest BCUT2D eigenvalue weighted by atomic mass is 79.9. The molecular formula is C16H25BrFN3. The number of nitrogens with two attached hydrogens (primary N) is 1. The Morgan fingerprint density at radius 2 is 1.86 bits per heavy atom. The van der Waals surface area contributed by atoms with Crippen molar-refractivity contribution in [1.29, 1.82) is 0 Å². The SMILES string of the molecule is CCC(C)N1CCN(C(CN)c2cc(F)ccc2Br)CC1. The van der Waals surface area contributed by atoms with Crippen LogP contribution in [-0.2, 0) is 0 Å². The molecule has 0 saturated carbocycles. The Labute approximate surface area is 135 Å². The average Bonchev–Trinajstić information content (AvgIpc) is 2.51. The van der Waals surface area contributed by atoms with E-state index < -0.39 is 0 Å². The van der Waals surface area contributed by atoms with E-state index in [1.807, 2.05) is 0 Å². The minimum absolute atomic E-state index is 0.0779. The first-order valence-corrected chi connectivity index (χ1v) is 8.49. The number of piperazine rings is 1. The molecule has 2 atom stereocenters. The summed E-state index contributed by atoms with van der Waals surface area (Å²) in [4.78, 5) is 4.89. The number of hydrogen-bond acceptors (Lipinski definition) is 3. The molecule has 1 aromatic rings. The molecule has 0 bridgehead atoms. The van der Waals surface area contributed by atoms with Gasteiger partial charge in [-0.25, -0.2) is 4.39 Å². The Morgan fingerprint density at radius 1 is 1.24 bits per heavy atom. The van der Waals surface area contributed by atoms with E-state index in [0.717, 1.165) is 36.2 Å². The molecule has 1 aliphatic heterocycles. The number of benzene rings is 1. The molecule has 2 unspecified atom stereocenters. The van der Waals surface area contributed by atoms with E-state index in [1.165, 1.54) is 12.5 Å². The summed E-state index contributed by atoms with van der Waals surface area (Å²) in [6.07, 6.45) is 1.18. The fourth-order valence-electron chi connectivity index (χ4n) is 2.99. The highest BCUT2D eigenvalue weighted by Gasteiger charge is 2.27. The molecule has 1 aliphatic rings. The quantitative estimate of drug-likeness (QED) is 0.878. The summed E-state index contributed by atoms with van der Waals surface area (Å²) in [6.45, 7) is 9.08. The number of nitrogens with zero attached hydrogens (tertiary/aromatic N) is 2. The minimum Gasteiger partial charge on any atom is -0.329 e. The lowest BCUT2D eigenvalue weighted by atomic mass is 10.0. The van der Waals surface area contributed by atoms with Gasteiger partial charge in [0.25, 0.3) is 0 Å². The van der Waals surface area contributed by atoms with Crippen LogP contribution in [0, 0.1) is 5.82 Å². The molecule has 1 heterocycles. The van der Waals surface area contributed by atoms with Crippen LogP contribution in [0.4, 0.5) is 4.39 Å². The Bertz CT molecular complexity index is 461. The first-order valence-electron chi connectivity index (χ1n) is 7.70. The Balaban J connectivity index is 2.08. The van der Waals surface area contributed by atoms with Crippen LogP contribution in [0.5, 0.6) is 0 Å². The van der Waals surface area contributed by atoms with Gasteiger partial charge in [-0.3, -0.25) is 9.80 Å². The van der Waals surface area contributed by atoms with Crippen LogP contribution in [0.15, 0.2) is 22.7 Å². The molecule has 0 aliphatic carbocycles. The standard InChI is InChI=1S/C16H25BrFN3/c1-3-12(2)20-6-8-21(9-7-20)16(11-19)14-10-13(18)4-5-15(14)17/h4-5,10,12,16H,3,6-9,11,19H2,1-2H3. The number of hydrogen-bond donors (Lipinski definition) is 1. The second-order valence-corrected chi connectivity index (χ2v) is 6.60. The highest BCUT2D eigenvalue weighted by molar-refractivity contribution is 9.10. The first kappa shape index (κ1) is 16.9. The topological polar surface area (TPSA) is 32.5 Å². The second-order valence-electron chi connectivity index (χ2n) is 5.75. The lowest BCUT2D eigenvalue weighted by Gasteiger charge is -2.41. The zero-order valence-corrected chi connectivity index (χ0v) is 14.4. The van der Waals surface area contributed by atoms with Gasteiger partial charge in [0.1, 0.15) is 5.82 Å². The van der Waals surface area contributed by atoms with E-state index in [0.29, 0.717) is 12.6 Å². The van der Waals surface area contributed by atoms with Gasteiger partial charge in [-0.1, -0.05) is 22.9 Å². The fraction of sp³-hybridized carbons (Fsp3) is 0.625. The van der Waals surface area contributed by atoms with Gasteiger partial charge in [-0.2, -0.15) is 0 Å². The minimum atomic E-state index is -0.204. The van der Waals surface area contributed by atoms with E-state index in [1.54, 1.807) is 12.1 Å². The van der Waals surface area contributed by atoms with Crippen molar-refractivity contribution in [2.75, 3.05) is 32.7 Å². The van der Waals surface area contributed by atoms with E-state index >= 15 is 0 Å². The summed E-state index contributed by atoms with van der Waals surface area (Å²) in [5.41, 5.74) is 6.93. The zero-order valence-electron chi connectivity index (χ0n) is 12.9. The fourth-order valence-corrected chi connectivity index (χ4v) is 3.50. The molecule has 2 rings (SSSR count). The van der Waals surface area contributed by atoms with Crippen molar-refractivity contribution in [3.8, 4) is 0 Å². The molecule has 0 amide bonds. The molecule has 1 fully saturated rings. The van der Waals surface area contributed by atoms with Crippen LogP contribution in [0.2, 0.25) is 0 Å². The van der Waals surface area contributed by atoms with Gasteiger partial charge in [0.05, 0.1) is 0 Å². The van der Waals surface area contributed by atoms with E-state index in [9.17, 15) is 4.39 Å². The third-order valence-corrected chi connectivity index (χ3v) is 5.27. The summed E-state index contributed by atoms with van der Waals surface area (Å²) in [5.74, 6) is -0.204. The molecule has 5 heteroatoms. The molecular weight excluding hydrogens is 333 g/mol. The van der Waals surface area contributed by atoms with Gasteiger partial charge in [-0.15, -0.1) is 0 Å². The molecule has 0 radical (unpaired) electrons.